The number of carboxylic acids is 1. The van der Waals surface area contributed by atoms with Gasteiger partial charge in [-0.1, -0.05) is 43.5 Å². The Morgan fingerprint density at radius 3 is 2.50 bits per heavy atom. The van der Waals surface area contributed by atoms with Crippen LogP contribution < -0.4 is 4.74 Å². The van der Waals surface area contributed by atoms with Gasteiger partial charge >= 0.3 is 5.97 Å². The second-order valence-electron chi connectivity index (χ2n) is 8.01. The Morgan fingerprint density at radius 2 is 1.90 bits per heavy atom. The zero-order valence-electron chi connectivity index (χ0n) is 17.2. The molecular weight excluding hydrogens is 382 g/mol. The standard InChI is InChI=1S/C23H25N3O4/c1-14(2)30-22-20-18(16-10-8-15(13-27)9-11-16)12-19(23(28)29)24-21(20)26(25-22)17-6-4-3-5-7-17/h8-14,17H,3-7H2,1-2H3,(H,28,29). The van der Waals surface area contributed by atoms with Crippen LogP contribution in [0.3, 0.4) is 0 Å². The van der Waals surface area contributed by atoms with Crippen molar-refractivity contribution in [3.05, 3.63) is 41.6 Å². The first-order valence-electron chi connectivity index (χ1n) is 10.4. The lowest BCUT2D eigenvalue weighted by molar-refractivity contribution is 0.0690. The fraction of sp³-hybridized carbons (Fsp3) is 0.391. The second kappa shape index (κ2) is 8.26. The first-order valence-corrected chi connectivity index (χ1v) is 10.4. The van der Waals surface area contributed by atoms with Gasteiger partial charge in [0.05, 0.1) is 17.5 Å². The molecule has 7 heteroatoms. The third kappa shape index (κ3) is 3.79. The third-order valence-corrected chi connectivity index (χ3v) is 5.47. The number of hydrogen-bond acceptors (Lipinski definition) is 5. The van der Waals surface area contributed by atoms with E-state index in [1.54, 1.807) is 30.3 Å². The van der Waals surface area contributed by atoms with E-state index in [4.69, 9.17) is 9.84 Å². The topological polar surface area (TPSA) is 94.3 Å². The van der Waals surface area contributed by atoms with E-state index in [0.717, 1.165) is 37.5 Å². The molecule has 0 bridgehead atoms. The minimum absolute atomic E-state index is 0.0370. The molecule has 1 aliphatic rings. The number of carboxylic acid groups (broad SMARTS) is 1. The van der Waals surface area contributed by atoms with Gasteiger partial charge < -0.3 is 9.84 Å². The molecule has 0 radical (unpaired) electrons. The Hall–Kier alpha value is -3.22. The van der Waals surface area contributed by atoms with Crippen LogP contribution in [-0.2, 0) is 0 Å². The fourth-order valence-electron chi connectivity index (χ4n) is 4.07. The molecule has 2 heterocycles. The fourth-order valence-corrected chi connectivity index (χ4v) is 4.07. The zero-order valence-corrected chi connectivity index (χ0v) is 17.2. The molecule has 1 N–H and O–H groups in total. The van der Waals surface area contributed by atoms with Crippen molar-refractivity contribution in [1.29, 1.82) is 0 Å². The highest BCUT2D eigenvalue weighted by atomic mass is 16.5. The Kier molecular flexibility index (Phi) is 5.53. The molecule has 1 fully saturated rings. The number of hydrogen-bond donors (Lipinski definition) is 1. The number of carbonyl (C=O) groups is 2. The number of fused-ring (bicyclic) bond motifs is 1. The number of aromatic nitrogens is 3. The van der Waals surface area contributed by atoms with Gasteiger partial charge in [0.15, 0.2) is 11.3 Å². The predicted molar refractivity (Wildman–Crippen MR) is 113 cm³/mol. The van der Waals surface area contributed by atoms with Crippen LogP contribution in [0.15, 0.2) is 30.3 Å². The van der Waals surface area contributed by atoms with E-state index in [2.05, 4.69) is 4.98 Å². The third-order valence-electron chi connectivity index (χ3n) is 5.47. The summed E-state index contributed by atoms with van der Waals surface area (Å²) in [6, 6.07) is 8.77. The van der Waals surface area contributed by atoms with Crippen LogP contribution in [-0.4, -0.2) is 38.2 Å². The van der Waals surface area contributed by atoms with Crippen LogP contribution in [0, 0.1) is 0 Å². The number of rotatable bonds is 6. The van der Waals surface area contributed by atoms with Crippen LogP contribution in [0.5, 0.6) is 5.88 Å². The van der Waals surface area contributed by atoms with Crippen molar-refractivity contribution in [3.8, 4) is 17.0 Å². The monoisotopic (exact) mass is 407 g/mol. The van der Waals surface area contributed by atoms with Crippen molar-refractivity contribution in [2.24, 2.45) is 0 Å². The molecule has 1 saturated carbocycles. The second-order valence-corrected chi connectivity index (χ2v) is 8.01. The molecule has 0 aliphatic heterocycles. The lowest BCUT2D eigenvalue weighted by Crippen LogP contribution is -2.15. The molecular formula is C23H25N3O4. The van der Waals surface area contributed by atoms with Crippen LogP contribution in [0.25, 0.3) is 22.2 Å². The van der Waals surface area contributed by atoms with Crippen LogP contribution in [0.2, 0.25) is 0 Å². The number of benzene rings is 1. The number of ether oxygens (including phenoxy) is 1. The lowest BCUT2D eigenvalue weighted by Gasteiger charge is -2.22. The van der Waals surface area contributed by atoms with Gasteiger partial charge in [-0.2, -0.15) is 0 Å². The molecule has 2 aromatic heterocycles. The quantitative estimate of drug-likeness (QED) is 0.584. The highest BCUT2D eigenvalue weighted by molar-refractivity contribution is 6.01. The van der Waals surface area contributed by atoms with Gasteiger partial charge in [-0.25, -0.2) is 14.5 Å². The van der Waals surface area contributed by atoms with Gasteiger partial charge in [0.1, 0.15) is 6.29 Å². The molecule has 1 aliphatic carbocycles. The van der Waals surface area contributed by atoms with Crippen molar-refractivity contribution in [3.63, 3.8) is 0 Å². The Labute approximate surface area is 174 Å². The summed E-state index contributed by atoms with van der Waals surface area (Å²) >= 11 is 0. The molecule has 3 aromatic rings. The van der Waals surface area contributed by atoms with Crippen molar-refractivity contribution >= 4 is 23.3 Å². The van der Waals surface area contributed by atoms with Crippen molar-refractivity contribution in [2.75, 3.05) is 0 Å². The average Bonchev–Trinajstić information content (AvgIpc) is 3.11. The van der Waals surface area contributed by atoms with Gasteiger partial charge in [0, 0.05) is 11.1 Å². The van der Waals surface area contributed by atoms with E-state index in [9.17, 15) is 14.7 Å². The molecule has 7 nitrogen and oxygen atoms in total. The summed E-state index contributed by atoms with van der Waals surface area (Å²) in [4.78, 5) is 27.3. The smallest absolute Gasteiger partial charge is 0.354 e. The molecule has 4 rings (SSSR count). The first-order chi connectivity index (χ1) is 14.5. The van der Waals surface area contributed by atoms with E-state index in [1.807, 2.05) is 18.5 Å². The van der Waals surface area contributed by atoms with Crippen LogP contribution in [0.4, 0.5) is 0 Å². The van der Waals surface area contributed by atoms with E-state index >= 15 is 0 Å². The van der Waals surface area contributed by atoms with Crippen molar-refractivity contribution in [1.82, 2.24) is 14.8 Å². The Morgan fingerprint density at radius 1 is 1.20 bits per heavy atom. The first kappa shape index (κ1) is 20.1. The largest absolute Gasteiger partial charge is 0.477 e. The Balaban J connectivity index is 1.99. The Bertz CT molecular complexity index is 1080. The highest BCUT2D eigenvalue weighted by Crippen LogP contribution is 2.39. The molecule has 0 saturated heterocycles. The predicted octanol–water partition coefficient (Wildman–Crippen LogP) is 4.90. The van der Waals surface area contributed by atoms with Crippen LogP contribution in [0.1, 0.15) is 72.8 Å². The van der Waals surface area contributed by atoms with E-state index < -0.39 is 5.97 Å². The number of pyridine rings is 1. The van der Waals surface area contributed by atoms with Gasteiger partial charge in [-0.05, 0) is 38.3 Å². The molecule has 1 aromatic carbocycles. The van der Waals surface area contributed by atoms with E-state index in [0.29, 0.717) is 28.0 Å². The van der Waals surface area contributed by atoms with Crippen LogP contribution >= 0.6 is 0 Å². The van der Waals surface area contributed by atoms with Gasteiger partial charge in [0.2, 0.25) is 5.88 Å². The molecule has 156 valence electrons. The SMILES string of the molecule is CC(C)Oc1nn(C2CCCCC2)c2nc(C(=O)O)cc(-c3ccc(C=O)cc3)c12. The maximum absolute atomic E-state index is 11.8. The summed E-state index contributed by atoms with van der Waals surface area (Å²) in [5.74, 6) is -0.630. The summed E-state index contributed by atoms with van der Waals surface area (Å²) in [7, 11) is 0. The lowest BCUT2D eigenvalue weighted by atomic mass is 9.95. The zero-order chi connectivity index (χ0) is 21.3. The van der Waals surface area contributed by atoms with Crippen molar-refractivity contribution < 1.29 is 19.4 Å². The molecule has 0 atom stereocenters. The van der Waals surface area contributed by atoms with Gasteiger partial charge in [-0.3, -0.25) is 4.79 Å². The summed E-state index contributed by atoms with van der Waals surface area (Å²) in [5, 5.41) is 15.1. The van der Waals surface area contributed by atoms with Gasteiger partial charge in [0.25, 0.3) is 0 Å². The molecule has 0 spiro atoms. The minimum Gasteiger partial charge on any atom is -0.477 e. The molecule has 30 heavy (non-hydrogen) atoms. The summed E-state index contributed by atoms with van der Waals surface area (Å²) in [6.07, 6.45) is 6.10. The summed E-state index contributed by atoms with van der Waals surface area (Å²) in [6.45, 7) is 3.87. The maximum atomic E-state index is 11.8. The van der Waals surface area contributed by atoms with Crippen molar-refractivity contribution in [2.45, 2.75) is 58.1 Å². The average molecular weight is 407 g/mol. The molecule has 0 unspecified atom stereocenters. The number of aldehydes is 1. The van der Waals surface area contributed by atoms with Gasteiger partial charge in [-0.15, -0.1) is 5.10 Å². The van der Waals surface area contributed by atoms with E-state index in [1.165, 1.54) is 6.42 Å². The number of carbonyl (C=O) groups excluding carboxylic acids is 1. The molecule has 0 amide bonds. The summed E-state index contributed by atoms with van der Waals surface area (Å²) in [5.41, 5.74) is 2.52. The summed E-state index contributed by atoms with van der Waals surface area (Å²) < 4.78 is 7.89. The number of aromatic carboxylic acids is 1. The number of nitrogens with zero attached hydrogens (tertiary/aromatic N) is 3. The van der Waals surface area contributed by atoms with E-state index in [-0.39, 0.29) is 17.8 Å². The minimum atomic E-state index is -1.09. The highest BCUT2D eigenvalue weighted by Gasteiger charge is 2.26. The normalized spacial score (nSPS) is 14.9. The maximum Gasteiger partial charge on any atom is 0.354 e.